The second-order valence-electron chi connectivity index (χ2n) is 15.2. The van der Waals surface area contributed by atoms with Crippen LogP contribution in [0.3, 0.4) is 0 Å². The molecule has 3 aliphatic heterocycles. The number of aryl methyl sites for hydroxylation is 2. The van der Waals surface area contributed by atoms with Gasteiger partial charge in [-0.1, -0.05) is 30.3 Å². The molecule has 3 fully saturated rings. The Hall–Kier alpha value is -5.77. The number of piperidine rings is 1. The number of nitrogen functional groups attached to an aromatic ring is 1. The standard InChI is InChI=1S/C42H50N10O5/c1-48-36-23-28(10-13-34(36)52(42(48)56)35-14-15-39(54)45-41(35)55)5-4-16-49-21-22-57-31(27-49)26-44-25-29-8-11-30(12-9-29)50-17-19-51(20-18-50)37-24-33(46-47-40(37)43)32-6-2-3-7-38(32)53/h2-3,6-13,23-24,31,35,44,53H,4-5,14-22,25-27H2,1H3,(H2,43,47)(H,45,54,55)/t31-,35?/m0/s1. The van der Waals surface area contributed by atoms with Gasteiger partial charge >= 0.3 is 5.69 Å². The minimum absolute atomic E-state index is 0.117. The van der Waals surface area contributed by atoms with Crippen LogP contribution in [0.25, 0.3) is 22.3 Å². The number of benzene rings is 3. The number of imidazole rings is 1. The zero-order valence-electron chi connectivity index (χ0n) is 32.3. The highest BCUT2D eigenvalue weighted by Crippen LogP contribution is 2.32. The van der Waals surface area contributed by atoms with Crippen LogP contribution >= 0.6 is 0 Å². The van der Waals surface area contributed by atoms with Crippen molar-refractivity contribution in [3.63, 3.8) is 0 Å². The number of aromatic nitrogens is 4. The number of fused-ring (bicyclic) bond motifs is 1. The van der Waals surface area contributed by atoms with Gasteiger partial charge < -0.3 is 30.7 Å². The number of imide groups is 1. The molecular formula is C42H50N10O5. The number of aromatic hydroxyl groups is 1. The van der Waals surface area contributed by atoms with E-state index >= 15 is 0 Å². The number of phenols is 1. The van der Waals surface area contributed by atoms with Gasteiger partial charge in [0.05, 0.1) is 35.1 Å². The molecule has 0 radical (unpaired) electrons. The van der Waals surface area contributed by atoms with Crippen molar-refractivity contribution in [3.05, 3.63) is 94.4 Å². The van der Waals surface area contributed by atoms with E-state index in [1.807, 2.05) is 36.4 Å². The third-order valence-electron chi connectivity index (χ3n) is 11.4. The quantitative estimate of drug-likeness (QED) is 0.137. The Labute approximate surface area is 331 Å². The molecule has 3 aliphatic rings. The first-order chi connectivity index (χ1) is 27.7. The molecule has 3 aromatic carbocycles. The summed E-state index contributed by atoms with van der Waals surface area (Å²) in [5.41, 5.74) is 13.1. The lowest BCUT2D eigenvalue weighted by Gasteiger charge is -2.37. The molecule has 3 saturated heterocycles. The van der Waals surface area contributed by atoms with Gasteiger partial charge in [0.1, 0.15) is 11.8 Å². The van der Waals surface area contributed by atoms with E-state index in [4.69, 9.17) is 10.5 Å². The number of carbonyl (C=O) groups excluding carboxylic acids is 2. The predicted octanol–water partition coefficient (Wildman–Crippen LogP) is 2.81. The summed E-state index contributed by atoms with van der Waals surface area (Å²) in [6.07, 6.45) is 2.51. The maximum Gasteiger partial charge on any atom is 0.329 e. The number of ether oxygens (including phenoxy) is 1. The molecule has 0 aliphatic carbocycles. The number of para-hydroxylation sites is 1. The largest absolute Gasteiger partial charge is 0.507 e. The monoisotopic (exact) mass is 774 g/mol. The highest BCUT2D eigenvalue weighted by Gasteiger charge is 2.31. The van der Waals surface area contributed by atoms with Crippen LogP contribution in [0.1, 0.15) is 36.4 Å². The Kier molecular flexibility index (Phi) is 11.2. The van der Waals surface area contributed by atoms with Crippen molar-refractivity contribution in [1.82, 2.24) is 34.9 Å². The molecule has 298 valence electrons. The number of anilines is 3. The van der Waals surface area contributed by atoms with Crippen LogP contribution in [0.2, 0.25) is 0 Å². The molecule has 8 rings (SSSR count). The molecule has 0 bridgehead atoms. The number of hydrogen-bond acceptors (Lipinski definition) is 12. The molecule has 57 heavy (non-hydrogen) atoms. The lowest BCUT2D eigenvalue weighted by Crippen LogP contribution is -2.47. The van der Waals surface area contributed by atoms with Gasteiger partial charge in [-0.3, -0.25) is 28.9 Å². The summed E-state index contributed by atoms with van der Waals surface area (Å²) in [6.45, 7) is 8.24. The first-order valence-electron chi connectivity index (χ1n) is 19.8. The highest BCUT2D eigenvalue weighted by molar-refractivity contribution is 6.00. The van der Waals surface area contributed by atoms with Gasteiger partial charge in [-0.25, -0.2) is 4.79 Å². The fourth-order valence-corrected chi connectivity index (χ4v) is 8.28. The normalized spacial score (nSPS) is 19.3. The van der Waals surface area contributed by atoms with Crippen molar-refractivity contribution in [2.75, 3.05) is 74.5 Å². The average Bonchev–Trinajstić information content (AvgIpc) is 3.47. The van der Waals surface area contributed by atoms with E-state index < -0.39 is 11.9 Å². The van der Waals surface area contributed by atoms with E-state index in [0.717, 1.165) is 88.5 Å². The number of hydrogen-bond donors (Lipinski definition) is 4. The summed E-state index contributed by atoms with van der Waals surface area (Å²) in [5.74, 6) is -0.172. The van der Waals surface area contributed by atoms with Crippen molar-refractivity contribution in [3.8, 4) is 17.0 Å². The molecule has 2 aromatic heterocycles. The minimum atomic E-state index is -0.681. The molecule has 5 heterocycles. The minimum Gasteiger partial charge on any atom is -0.507 e. The van der Waals surface area contributed by atoms with Gasteiger partial charge in [0.25, 0.3) is 0 Å². The lowest BCUT2D eigenvalue weighted by atomic mass is 10.0. The lowest BCUT2D eigenvalue weighted by molar-refractivity contribution is -0.135. The summed E-state index contributed by atoms with van der Waals surface area (Å²) < 4.78 is 9.22. The summed E-state index contributed by atoms with van der Waals surface area (Å²) >= 11 is 0. The number of piperazine rings is 1. The zero-order valence-corrected chi connectivity index (χ0v) is 32.3. The Morgan fingerprint density at radius 2 is 1.68 bits per heavy atom. The SMILES string of the molecule is Cn1c(=O)n(C2CCC(=O)NC2=O)c2ccc(CCCN3CCO[C@@H](CNCc4ccc(N5CCN(c6cc(-c7ccccc7O)nnc6N)CC5)cc4)C3)cc21. The van der Waals surface area contributed by atoms with Gasteiger partial charge in [-0.2, -0.15) is 0 Å². The van der Waals surface area contributed by atoms with E-state index in [1.165, 1.54) is 15.8 Å². The number of nitrogens with zero attached hydrogens (tertiary/aromatic N) is 7. The second kappa shape index (κ2) is 16.8. The highest BCUT2D eigenvalue weighted by atomic mass is 16.5. The maximum atomic E-state index is 13.1. The molecule has 5 aromatic rings. The topological polar surface area (TPSA) is 176 Å². The molecule has 5 N–H and O–H groups in total. The molecular weight excluding hydrogens is 725 g/mol. The van der Waals surface area contributed by atoms with Crippen LogP contribution in [0.15, 0.2) is 77.6 Å². The van der Waals surface area contributed by atoms with Gasteiger partial charge in [0, 0.05) is 77.1 Å². The van der Waals surface area contributed by atoms with Crippen LogP contribution in [-0.4, -0.2) is 106 Å². The number of nitrogens with one attached hydrogen (secondary N) is 2. The smallest absolute Gasteiger partial charge is 0.329 e. The fraction of sp³-hybridized carbons (Fsp3) is 0.405. The molecule has 1 unspecified atom stereocenters. The maximum absolute atomic E-state index is 13.1. The van der Waals surface area contributed by atoms with E-state index in [9.17, 15) is 19.5 Å². The zero-order chi connectivity index (χ0) is 39.5. The van der Waals surface area contributed by atoms with Gasteiger partial charge in [0.15, 0.2) is 5.82 Å². The van der Waals surface area contributed by atoms with Crippen molar-refractivity contribution >= 4 is 40.0 Å². The molecule has 15 nitrogen and oxygen atoms in total. The molecule has 2 amide bonds. The van der Waals surface area contributed by atoms with Crippen LogP contribution in [0.4, 0.5) is 17.2 Å². The predicted molar refractivity (Wildman–Crippen MR) is 219 cm³/mol. The summed E-state index contributed by atoms with van der Waals surface area (Å²) in [5, 5.41) is 24.7. The third kappa shape index (κ3) is 8.36. The van der Waals surface area contributed by atoms with Crippen LogP contribution in [-0.2, 0) is 34.3 Å². The Balaban J connectivity index is 0.773. The number of morpholine rings is 1. The van der Waals surface area contributed by atoms with E-state index in [0.29, 0.717) is 35.6 Å². The average molecular weight is 775 g/mol. The number of rotatable bonds is 12. The van der Waals surface area contributed by atoms with Crippen LogP contribution in [0.5, 0.6) is 5.75 Å². The summed E-state index contributed by atoms with van der Waals surface area (Å²) in [4.78, 5) is 44.4. The molecule has 0 spiro atoms. The summed E-state index contributed by atoms with van der Waals surface area (Å²) in [7, 11) is 1.73. The Morgan fingerprint density at radius 1 is 0.912 bits per heavy atom. The van der Waals surface area contributed by atoms with Gasteiger partial charge in [-0.15, -0.1) is 10.2 Å². The van der Waals surface area contributed by atoms with Crippen molar-refractivity contribution in [2.24, 2.45) is 7.05 Å². The first kappa shape index (κ1) is 38.1. The van der Waals surface area contributed by atoms with Crippen molar-refractivity contribution < 1.29 is 19.4 Å². The van der Waals surface area contributed by atoms with E-state index in [-0.39, 0.29) is 29.9 Å². The van der Waals surface area contributed by atoms with Crippen molar-refractivity contribution in [2.45, 2.75) is 44.4 Å². The first-order valence-corrected chi connectivity index (χ1v) is 19.8. The third-order valence-corrected chi connectivity index (χ3v) is 11.4. The van der Waals surface area contributed by atoms with Crippen molar-refractivity contribution in [1.29, 1.82) is 0 Å². The van der Waals surface area contributed by atoms with Crippen LogP contribution < -0.4 is 31.9 Å². The second-order valence-corrected chi connectivity index (χ2v) is 15.2. The van der Waals surface area contributed by atoms with Crippen LogP contribution in [0, 0.1) is 0 Å². The number of carbonyl (C=O) groups is 2. The van der Waals surface area contributed by atoms with Gasteiger partial charge in [-0.05, 0) is 79.4 Å². The summed E-state index contributed by atoms with van der Waals surface area (Å²) in [6, 6.07) is 23.1. The van der Waals surface area contributed by atoms with E-state index in [2.05, 4.69) is 59.8 Å². The van der Waals surface area contributed by atoms with E-state index in [1.54, 1.807) is 23.7 Å². The number of phenolic OH excluding ortho intramolecular Hbond substituents is 1. The number of amides is 2. The molecule has 0 saturated carbocycles. The Bertz CT molecular complexity index is 2300. The number of nitrogens with two attached hydrogens (primary N) is 1. The molecule has 15 heteroatoms. The fourth-order valence-electron chi connectivity index (χ4n) is 8.28. The Morgan fingerprint density at radius 3 is 2.47 bits per heavy atom. The molecule has 2 atom stereocenters. The van der Waals surface area contributed by atoms with Gasteiger partial charge in [0.2, 0.25) is 11.8 Å².